The molecular formula is C22H20N2O4. The van der Waals surface area contributed by atoms with Crippen LogP contribution < -0.4 is 0 Å². The number of amides is 2. The third-order valence-electron chi connectivity index (χ3n) is 4.97. The molecule has 0 aliphatic carbocycles. The van der Waals surface area contributed by atoms with E-state index in [4.69, 9.17) is 4.74 Å². The van der Waals surface area contributed by atoms with Crippen molar-refractivity contribution in [1.29, 1.82) is 0 Å². The molecule has 2 aromatic carbocycles. The Morgan fingerprint density at radius 2 is 1.61 bits per heavy atom. The summed E-state index contributed by atoms with van der Waals surface area (Å²) in [6.07, 6.45) is 0.405. The number of fused-ring (bicyclic) bond motifs is 2. The third-order valence-corrected chi connectivity index (χ3v) is 4.97. The van der Waals surface area contributed by atoms with E-state index in [2.05, 4.69) is 0 Å². The number of benzene rings is 2. The lowest BCUT2D eigenvalue weighted by Crippen LogP contribution is -2.31. The molecule has 0 radical (unpaired) electrons. The number of hydrogen-bond donors (Lipinski definition) is 0. The lowest BCUT2D eigenvalue weighted by Gasteiger charge is -2.14. The minimum Gasteiger partial charge on any atom is -0.464 e. The molecule has 0 atom stereocenters. The van der Waals surface area contributed by atoms with E-state index < -0.39 is 0 Å². The number of aromatic nitrogens is 1. The number of para-hydroxylation sites is 1. The van der Waals surface area contributed by atoms with Crippen molar-refractivity contribution >= 4 is 28.7 Å². The Balaban J connectivity index is 1.30. The fourth-order valence-electron chi connectivity index (χ4n) is 3.58. The fraction of sp³-hybridized carbons (Fsp3) is 0.227. The highest BCUT2D eigenvalue weighted by molar-refractivity contribution is 6.21. The Bertz CT molecular complexity index is 1050. The van der Waals surface area contributed by atoms with Crippen molar-refractivity contribution < 1.29 is 19.1 Å². The first-order valence-corrected chi connectivity index (χ1v) is 9.22. The molecule has 0 bridgehead atoms. The molecule has 2 heterocycles. The van der Waals surface area contributed by atoms with Gasteiger partial charge in [0, 0.05) is 17.8 Å². The summed E-state index contributed by atoms with van der Waals surface area (Å²) in [5.74, 6) is -0.922. The van der Waals surface area contributed by atoms with Gasteiger partial charge in [-0.05, 0) is 43.0 Å². The van der Waals surface area contributed by atoms with Crippen LogP contribution in [0, 0.1) is 6.92 Å². The van der Waals surface area contributed by atoms with Crippen molar-refractivity contribution in [1.82, 2.24) is 9.47 Å². The number of aryl methyl sites for hydroxylation is 1. The molecular weight excluding hydrogens is 356 g/mol. The lowest BCUT2D eigenvalue weighted by atomic mass is 10.1. The van der Waals surface area contributed by atoms with Gasteiger partial charge in [-0.25, -0.2) is 0 Å². The van der Waals surface area contributed by atoms with Crippen LogP contribution in [0.2, 0.25) is 0 Å². The molecule has 0 unspecified atom stereocenters. The van der Waals surface area contributed by atoms with Crippen molar-refractivity contribution in [3.05, 3.63) is 71.4 Å². The van der Waals surface area contributed by atoms with Crippen LogP contribution >= 0.6 is 0 Å². The van der Waals surface area contributed by atoms with Crippen LogP contribution in [-0.4, -0.2) is 40.4 Å². The topological polar surface area (TPSA) is 68.6 Å². The normalized spacial score (nSPS) is 13.2. The highest BCUT2D eigenvalue weighted by Crippen LogP contribution is 2.22. The molecule has 1 aliphatic heterocycles. The predicted octanol–water partition coefficient (Wildman–Crippen LogP) is 3.18. The summed E-state index contributed by atoms with van der Waals surface area (Å²) in [6.45, 7) is 2.47. The van der Waals surface area contributed by atoms with Crippen LogP contribution in [0.5, 0.6) is 0 Å². The Morgan fingerprint density at radius 3 is 2.32 bits per heavy atom. The van der Waals surface area contributed by atoms with Crippen molar-refractivity contribution in [2.24, 2.45) is 0 Å². The minimum atomic E-state index is -0.341. The molecule has 0 spiro atoms. The smallest absolute Gasteiger partial charge is 0.325 e. The molecule has 3 aromatic rings. The first-order chi connectivity index (χ1) is 13.6. The highest BCUT2D eigenvalue weighted by Gasteiger charge is 2.34. The molecule has 28 heavy (non-hydrogen) atoms. The van der Waals surface area contributed by atoms with Gasteiger partial charge in [-0.15, -0.1) is 0 Å². The van der Waals surface area contributed by atoms with Gasteiger partial charge in [0.25, 0.3) is 11.8 Å². The van der Waals surface area contributed by atoms with Gasteiger partial charge in [0.15, 0.2) is 0 Å². The van der Waals surface area contributed by atoms with E-state index in [1.54, 1.807) is 24.3 Å². The summed E-state index contributed by atoms with van der Waals surface area (Å²) < 4.78 is 7.24. The summed E-state index contributed by atoms with van der Waals surface area (Å²) >= 11 is 0. The maximum Gasteiger partial charge on any atom is 0.325 e. The van der Waals surface area contributed by atoms with Crippen LogP contribution in [0.25, 0.3) is 10.9 Å². The summed E-state index contributed by atoms with van der Waals surface area (Å²) in [6, 6.07) is 16.7. The van der Waals surface area contributed by atoms with Gasteiger partial charge < -0.3 is 9.30 Å². The number of esters is 1. The first-order valence-electron chi connectivity index (χ1n) is 9.22. The van der Waals surface area contributed by atoms with Gasteiger partial charge in [-0.2, -0.15) is 0 Å². The van der Waals surface area contributed by atoms with Gasteiger partial charge >= 0.3 is 5.97 Å². The lowest BCUT2D eigenvalue weighted by molar-refractivity contribution is -0.144. The van der Waals surface area contributed by atoms with E-state index in [1.807, 2.05) is 41.8 Å². The van der Waals surface area contributed by atoms with Gasteiger partial charge in [0.05, 0.1) is 17.7 Å². The summed E-state index contributed by atoms with van der Waals surface area (Å²) in [4.78, 5) is 38.0. The summed E-state index contributed by atoms with van der Waals surface area (Å²) in [5, 5.41) is 1.08. The number of nitrogens with zero attached hydrogens (tertiary/aromatic N) is 2. The number of carbonyl (C=O) groups is 3. The van der Waals surface area contributed by atoms with Gasteiger partial charge in [0.1, 0.15) is 6.54 Å². The number of rotatable bonds is 6. The van der Waals surface area contributed by atoms with Crippen molar-refractivity contribution in [3.63, 3.8) is 0 Å². The molecule has 2 amide bonds. The molecule has 0 saturated carbocycles. The Labute approximate surface area is 162 Å². The highest BCUT2D eigenvalue weighted by atomic mass is 16.5. The van der Waals surface area contributed by atoms with Crippen LogP contribution in [0.15, 0.2) is 54.6 Å². The molecule has 0 fully saturated rings. The average molecular weight is 376 g/mol. The minimum absolute atomic E-state index is 0.131. The van der Waals surface area contributed by atoms with E-state index >= 15 is 0 Å². The quantitative estimate of drug-likeness (QED) is 0.376. The molecule has 1 aromatic heterocycles. The number of ether oxygens (including phenoxy) is 1. The molecule has 0 N–H and O–H groups in total. The standard InChI is InChI=1S/C22H20N2O4/c1-15-13-16-7-2-5-10-19(16)24(15)14-20(25)28-12-6-11-23-21(26)17-8-3-4-9-18(17)22(23)27/h2-5,7-10,13H,6,11-12,14H2,1H3. The van der Waals surface area contributed by atoms with E-state index in [0.717, 1.165) is 16.6 Å². The maximum atomic E-state index is 12.3. The van der Waals surface area contributed by atoms with E-state index in [0.29, 0.717) is 17.5 Å². The second-order valence-electron chi connectivity index (χ2n) is 6.81. The average Bonchev–Trinajstić information content (AvgIpc) is 3.14. The summed E-state index contributed by atoms with van der Waals surface area (Å²) in [5.41, 5.74) is 2.84. The van der Waals surface area contributed by atoms with E-state index in [-0.39, 0.29) is 37.5 Å². The van der Waals surface area contributed by atoms with Crippen LogP contribution in [0.4, 0.5) is 0 Å². The summed E-state index contributed by atoms with van der Waals surface area (Å²) in [7, 11) is 0. The monoisotopic (exact) mass is 376 g/mol. The van der Waals surface area contributed by atoms with Gasteiger partial charge in [-0.1, -0.05) is 30.3 Å². The third kappa shape index (κ3) is 3.17. The van der Waals surface area contributed by atoms with Gasteiger partial charge in [0.2, 0.25) is 0 Å². The molecule has 0 saturated heterocycles. The van der Waals surface area contributed by atoms with Crippen LogP contribution in [-0.2, 0) is 16.1 Å². The Kier molecular flexibility index (Phi) is 4.69. The second-order valence-corrected chi connectivity index (χ2v) is 6.81. The van der Waals surface area contributed by atoms with Crippen LogP contribution in [0.3, 0.4) is 0 Å². The SMILES string of the molecule is Cc1cc2ccccc2n1CC(=O)OCCCN1C(=O)c2ccccc2C1=O. The molecule has 6 nitrogen and oxygen atoms in total. The zero-order valence-corrected chi connectivity index (χ0v) is 15.6. The zero-order chi connectivity index (χ0) is 19.7. The maximum absolute atomic E-state index is 12.3. The Morgan fingerprint density at radius 1 is 0.964 bits per heavy atom. The largest absolute Gasteiger partial charge is 0.464 e. The molecule has 4 rings (SSSR count). The van der Waals surface area contributed by atoms with E-state index in [9.17, 15) is 14.4 Å². The molecule has 1 aliphatic rings. The fourth-order valence-corrected chi connectivity index (χ4v) is 3.58. The van der Waals surface area contributed by atoms with Crippen molar-refractivity contribution in [2.75, 3.05) is 13.2 Å². The van der Waals surface area contributed by atoms with Gasteiger partial charge in [-0.3, -0.25) is 19.3 Å². The van der Waals surface area contributed by atoms with E-state index in [1.165, 1.54) is 4.90 Å². The number of hydrogen-bond acceptors (Lipinski definition) is 4. The first kappa shape index (κ1) is 18.0. The Hall–Kier alpha value is -3.41. The van der Waals surface area contributed by atoms with Crippen molar-refractivity contribution in [3.8, 4) is 0 Å². The van der Waals surface area contributed by atoms with Crippen molar-refractivity contribution in [2.45, 2.75) is 19.9 Å². The number of carbonyl (C=O) groups excluding carboxylic acids is 3. The number of imide groups is 1. The predicted molar refractivity (Wildman–Crippen MR) is 104 cm³/mol. The second kappa shape index (κ2) is 7.31. The zero-order valence-electron chi connectivity index (χ0n) is 15.6. The van der Waals surface area contributed by atoms with Crippen LogP contribution in [0.1, 0.15) is 32.8 Å². The molecule has 6 heteroatoms. The molecule has 142 valence electrons.